The Kier molecular flexibility index (Phi) is 5.42. The molecule has 4 nitrogen and oxygen atoms in total. The maximum absolute atomic E-state index is 12.0. The molecule has 1 aromatic heterocycles. The van der Waals surface area contributed by atoms with Gasteiger partial charge >= 0.3 is 0 Å². The predicted molar refractivity (Wildman–Crippen MR) is 86.5 cm³/mol. The number of benzene rings is 1. The van der Waals surface area contributed by atoms with Crippen LogP contribution in [0.4, 0.5) is 5.69 Å². The number of carbonyl (C=O) groups excluding carboxylic acids is 1. The van der Waals surface area contributed by atoms with Crippen molar-refractivity contribution in [1.29, 1.82) is 5.26 Å². The number of halogens is 2. The van der Waals surface area contributed by atoms with E-state index < -0.39 is 5.91 Å². The highest BCUT2D eigenvalue weighted by Crippen LogP contribution is 2.29. The second kappa shape index (κ2) is 7.51. The van der Waals surface area contributed by atoms with Gasteiger partial charge in [-0.05, 0) is 36.4 Å². The molecule has 0 fully saturated rings. The van der Waals surface area contributed by atoms with Gasteiger partial charge < -0.3 is 9.73 Å². The van der Waals surface area contributed by atoms with Crippen LogP contribution in [0.1, 0.15) is 5.76 Å². The standard InChI is InChI=1S/C16H10Cl2N2O2/c17-13-7-2-8-14(15(13)18)20-16(21)11(10-19)4-1-5-12-6-3-9-22-12/h1-9H,(H,20,21)/b5-1+,11-4-. The lowest BCUT2D eigenvalue weighted by atomic mass is 10.2. The van der Waals surface area contributed by atoms with E-state index in [1.807, 2.05) is 6.07 Å². The van der Waals surface area contributed by atoms with Crippen LogP contribution in [0, 0.1) is 11.3 Å². The first-order valence-electron chi connectivity index (χ1n) is 6.19. The maximum Gasteiger partial charge on any atom is 0.266 e. The van der Waals surface area contributed by atoms with Crippen molar-refractivity contribution in [3.05, 3.63) is 70.1 Å². The first-order chi connectivity index (χ1) is 10.6. The third-order valence-electron chi connectivity index (χ3n) is 2.63. The molecule has 1 N–H and O–H groups in total. The van der Waals surface area contributed by atoms with Crippen molar-refractivity contribution in [3.63, 3.8) is 0 Å². The van der Waals surface area contributed by atoms with Crippen LogP contribution in [0.3, 0.4) is 0 Å². The lowest BCUT2D eigenvalue weighted by Gasteiger charge is -2.07. The summed E-state index contributed by atoms with van der Waals surface area (Å²) in [7, 11) is 0. The van der Waals surface area contributed by atoms with Crippen molar-refractivity contribution in [3.8, 4) is 6.07 Å². The van der Waals surface area contributed by atoms with Gasteiger partial charge in [0.2, 0.25) is 0 Å². The van der Waals surface area contributed by atoms with Crippen LogP contribution < -0.4 is 5.32 Å². The van der Waals surface area contributed by atoms with Crippen molar-refractivity contribution >= 4 is 40.9 Å². The summed E-state index contributed by atoms with van der Waals surface area (Å²) in [6.07, 6.45) is 6.10. The number of nitrogens with zero attached hydrogens (tertiary/aromatic N) is 1. The third-order valence-corrected chi connectivity index (χ3v) is 3.45. The fourth-order valence-electron chi connectivity index (χ4n) is 1.58. The molecule has 1 aromatic carbocycles. The summed E-state index contributed by atoms with van der Waals surface area (Å²) in [5.41, 5.74) is 0.272. The highest BCUT2D eigenvalue weighted by Gasteiger charge is 2.11. The van der Waals surface area contributed by atoms with Crippen molar-refractivity contribution in [2.75, 3.05) is 5.32 Å². The molecule has 0 aliphatic carbocycles. The van der Waals surface area contributed by atoms with Gasteiger partial charge in [-0.15, -0.1) is 0 Å². The molecule has 22 heavy (non-hydrogen) atoms. The molecule has 0 saturated heterocycles. The molecule has 0 unspecified atom stereocenters. The normalized spacial score (nSPS) is 11.4. The summed E-state index contributed by atoms with van der Waals surface area (Å²) in [6.45, 7) is 0. The fourth-order valence-corrected chi connectivity index (χ4v) is 1.93. The van der Waals surface area contributed by atoms with E-state index >= 15 is 0 Å². The van der Waals surface area contributed by atoms with Crippen molar-refractivity contribution in [2.24, 2.45) is 0 Å². The van der Waals surface area contributed by atoms with E-state index in [2.05, 4.69) is 5.32 Å². The van der Waals surface area contributed by atoms with Gasteiger partial charge in [0, 0.05) is 0 Å². The fraction of sp³-hybridized carbons (Fsp3) is 0. The van der Waals surface area contributed by atoms with Crippen LogP contribution in [0.15, 0.2) is 58.7 Å². The van der Waals surface area contributed by atoms with Crippen LogP contribution in [-0.2, 0) is 4.79 Å². The molecule has 1 heterocycles. The van der Waals surface area contributed by atoms with Gasteiger partial charge in [0.25, 0.3) is 5.91 Å². The third kappa shape index (κ3) is 4.01. The zero-order valence-corrected chi connectivity index (χ0v) is 12.7. The molecule has 0 atom stereocenters. The van der Waals surface area contributed by atoms with E-state index in [1.165, 1.54) is 12.3 Å². The molecule has 0 bridgehead atoms. The minimum Gasteiger partial charge on any atom is -0.465 e. The highest BCUT2D eigenvalue weighted by molar-refractivity contribution is 6.44. The number of nitrogens with one attached hydrogen (secondary N) is 1. The lowest BCUT2D eigenvalue weighted by molar-refractivity contribution is -0.112. The molecular formula is C16H10Cl2N2O2. The summed E-state index contributed by atoms with van der Waals surface area (Å²) in [5.74, 6) is 0.0441. The van der Waals surface area contributed by atoms with E-state index in [0.29, 0.717) is 16.5 Å². The maximum atomic E-state index is 12.0. The van der Waals surface area contributed by atoms with Crippen LogP contribution in [0.2, 0.25) is 10.0 Å². The molecular weight excluding hydrogens is 323 g/mol. The largest absolute Gasteiger partial charge is 0.465 e. The first-order valence-corrected chi connectivity index (χ1v) is 6.94. The van der Waals surface area contributed by atoms with Gasteiger partial charge in [-0.1, -0.05) is 35.3 Å². The Hall–Kier alpha value is -2.48. The van der Waals surface area contributed by atoms with Gasteiger partial charge in [0.05, 0.1) is 22.0 Å². The average molecular weight is 333 g/mol. The number of furan rings is 1. The van der Waals surface area contributed by atoms with Crippen molar-refractivity contribution in [1.82, 2.24) is 0 Å². The Balaban J connectivity index is 2.12. The summed E-state index contributed by atoms with van der Waals surface area (Å²) in [4.78, 5) is 12.0. The van der Waals surface area contributed by atoms with Gasteiger partial charge in [0.15, 0.2) is 0 Å². The summed E-state index contributed by atoms with van der Waals surface area (Å²) < 4.78 is 5.10. The molecule has 0 saturated carbocycles. The minimum absolute atomic E-state index is 0.0705. The molecule has 0 spiro atoms. The Morgan fingerprint density at radius 1 is 1.27 bits per heavy atom. The Labute approximate surface area is 137 Å². The monoisotopic (exact) mass is 332 g/mol. The molecule has 2 aromatic rings. The second-order valence-corrected chi connectivity index (χ2v) is 4.91. The topological polar surface area (TPSA) is 66.0 Å². The SMILES string of the molecule is N#C/C(=C/C=C/c1ccco1)C(=O)Nc1cccc(Cl)c1Cl. The molecule has 0 aliphatic heterocycles. The molecule has 6 heteroatoms. The number of allylic oxidation sites excluding steroid dienone is 2. The van der Waals surface area contributed by atoms with E-state index in [9.17, 15) is 4.79 Å². The average Bonchev–Trinajstić information content (AvgIpc) is 3.01. The summed E-state index contributed by atoms with van der Waals surface area (Å²) in [5, 5.41) is 12.1. The number of hydrogen-bond acceptors (Lipinski definition) is 3. The van der Waals surface area contributed by atoms with Crippen molar-refractivity contribution < 1.29 is 9.21 Å². The number of rotatable bonds is 4. The molecule has 1 amide bonds. The van der Waals surface area contributed by atoms with Crippen molar-refractivity contribution in [2.45, 2.75) is 0 Å². The summed E-state index contributed by atoms with van der Waals surface area (Å²) in [6, 6.07) is 10.2. The number of amides is 1. The summed E-state index contributed by atoms with van der Waals surface area (Å²) >= 11 is 11.8. The van der Waals surface area contributed by atoms with Gasteiger partial charge in [-0.3, -0.25) is 4.79 Å². The molecule has 2 rings (SSSR count). The van der Waals surface area contributed by atoms with Gasteiger partial charge in [-0.25, -0.2) is 0 Å². The molecule has 0 radical (unpaired) electrons. The molecule has 110 valence electrons. The van der Waals surface area contributed by atoms with Crippen LogP contribution in [-0.4, -0.2) is 5.91 Å². The van der Waals surface area contributed by atoms with Crippen LogP contribution >= 0.6 is 23.2 Å². The van der Waals surface area contributed by atoms with E-state index in [1.54, 1.807) is 42.5 Å². The quantitative estimate of drug-likeness (QED) is 0.501. The Bertz CT molecular complexity index is 772. The lowest BCUT2D eigenvalue weighted by Crippen LogP contribution is -2.13. The van der Waals surface area contributed by atoms with Gasteiger partial charge in [-0.2, -0.15) is 5.26 Å². The number of hydrogen-bond donors (Lipinski definition) is 1. The van der Waals surface area contributed by atoms with Crippen LogP contribution in [0.5, 0.6) is 0 Å². The molecule has 0 aliphatic rings. The first kappa shape index (κ1) is 15.9. The van der Waals surface area contributed by atoms with E-state index in [-0.39, 0.29) is 10.6 Å². The zero-order valence-electron chi connectivity index (χ0n) is 11.2. The Morgan fingerprint density at radius 3 is 2.77 bits per heavy atom. The highest BCUT2D eigenvalue weighted by atomic mass is 35.5. The minimum atomic E-state index is -0.573. The van der Waals surface area contributed by atoms with Crippen LogP contribution in [0.25, 0.3) is 6.08 Å². The number of nitriles is 1. The van der Waals surface area contributed by atoms with E-state index in [4.69, 9.17) is 32.9 Å². The number of anilines is 1. The predicted octanol–water partition coefficient (Wildman–Crippen LogP) is 4.69. The second-order valence-electron chi connectivity index (χ2n) is 4.12. The van der Waals surface area contributed by atoms with Gasteiger partial charge in [0.1, 0.15) is 17.4 Å². The number of carbonyl (C=O) groups is 1. The smallest absolute Gasteiger partial charge is 0.266 e. The zero-order chi connectivity index (χ0) is 15.9. The van der Waals surface area contributed by atoms with E-state index in [0.717, 1.165) is 0 Å². The Morgan fingerprint density at radius 2 is 2.09 bits per heavy atom.